The lowest BCUT2D eigenvalue weighted by atomic mass is 9.93. The smallest absolute Gasteiger partial charge is 0.259 e. The summed E-state index contributed by atoms with van der Waals surface area (Å²) < 4.78 is 5.64. The van der Waals surface area contributed by atoms with Gasteiger partial charge in [-0.25, -0.2) is 9.97 Å². The highest BCUT2D eigenvalue weighted by atomic mass is 16.5. The van der Waals surface area contributed by atoms with Gasteiger partial charge in [0.05, 0.1) is 17.0 Å². The molecule has 8 nitrogen and oxygen atoms in total. The normalized spacial score (nSPS) is 22.2. The van der Waals surface area contributed by atoms with Gasteiger partial charge in [-0.05, 0) is 38.2 Å². The summed E-state index contributed by atoms with van der Waals surface area (Å²) in [7, 11) is 3.74. The van der Waals surface area contributed by atoms with E-state index in [1.54, 1.807) is 6.20 Å². The van der Waals surface area contributed by atoms with E-state index < -0.39 is 0 Å². The fraction of sp³-hybridized carbons (Fsp3) is 0.619. The van der Waals surface area contributed by atoms with Crippen molar-refractivity contribution in [3.05, 3.63) is 28.3 Å². The third-order valence-electron chi connectivity index (χ3n) is 5.92. The number of nitrogens with zero attached hydrogens (tertiary/aromatic N) is 4. The van der Waals surface area contributed by atoms with Gasteiger partial charge in [-0.15, -0.1) is 0 Å². The van der Waals surface area contributed by atoms with Crippen LogP contribution in [0.5, 0.6) is 0 Å². The van der Waals surface area contributed by atoms with Crippen LogP contribution in [0.3, 0.4) is 0 Å². The highest BCUT2D eigenvalue weighted by Gasteiger charge is 2.27. The molecule has 2 fully saturated rings. The number of aromatic nitrogens is 3. The first-order valence-corrected chi connectivity index (χ1v) is 10.5. The standard InChI is InChI=1S/C21H29N5O3/c1-25(2)21-22-12-16-18(24-21)11-17(23-20(16)28)14-5-3-9-26(13-14)19(27)8-7-15-6-4-10-29-15/h11-12,14-15H,3-10,13H2,1-2H3,(H,23,28). The molecular formula is C21H29N5O3. The number of hydrogen-bond donors (Lipinski definition) is 1. The summed E-state index contributed by atoms with van der Waals surface area (Å²) in [5, 5.41) is 0.486. The zero-order valence-corrected chi connectivity index (χ0v) is 17.2. The van der Waals surface area contributed by atoms with Crippen molar-refractivity contribution in [1.29, 1.82) is 0 Å². The molecule has 2 aromatic heterocycles. The Labute approximate surface area is 170 Å². The molecule has 0 aliphatic carbocycles. The highest BCUT2D eigenvalue weighted by molar-refractivity contribution is 5.78. The van der Waals surface area contributed by atoms with E-state index in [1.807, 2.05) is 30.0 Å². The van der Waals surface area contributed by atoms with E-state index in [0.29, 0.717) is 29.8 Å². The number of anilines is 1. The van der Waals surface area contributed by atoms with Crippen LogP contribution in [-0.4, -0.2) is 65.7 Å². The highest BCUT2D eigenvalue weighted by Crippen LogP contribution is 2.27. The maximum absolute atomic E-state index is 12.7. The molecule has 4 heterocycles. The number of fused-ring (bicyclic) bond motifs is 1. The Morgan fingerprint density at radius 2 is 2.21 bits per heavy atom. The van der Waals surface area contributed by atoms with E-state index in [0.717, 1.165) is 50.9 Å². The third-order valence-corrected chi connectivity index (χ3v) is 5.92. The minimum atomic E-state index is -0.176. The predicted octanol–water partition coefficient (Wildman–Crippen LogP) is 2.05. The average Bonchev–Trinajstić information content (AvgIpc) is 3.25. The molecule has 2 aliphatic rings. The molecule has 1 N–H and O–H groups in total. The summed E-state index contributed by atoms with van der Waals surface area (Å²) in [4.78, 5) is 40.8. The van der Waals surface area contributed by atoms with Gasteiger partial charge >= 0.3 is 0 Å². The van der Waals surface area contributed by atoms with Crippen molar-refractivity contribution in [2.24, 2.45) is 0 Å². The van der Waals surface area contributed by atoms with E-state index >= 15 is 0 Å². The third kappa shape index (κ3) is 4.42. The van der Waals surface area contributed by atoms with Gasteiger partial charge in [0.2, 0.25) is 11.9 Å². The van der Waals surface area contributed by atoms with Crippen LogP contribution >= 0.6 is 0 Å². The fourth-order valence-electron chi connectivity index (χ4n) is 4.26. The van der Waals surface area contributed by atoms with Gasteiger partial charge in [0.25, 0.3) is 5.56 Å². The Balaban J connectivity index is 1.49. The molecule has 0 bridgehead atoms. The molecule has 0 spiro atoms. The van der Waals surface area contributed by atoms with Gasteiger partial charge in [0, 0.05) is 58.0 Å². The number of carbonyl (C=O) groups is 1. The fourth-order valence-corrected chi connectivity index (χ4v) is 4.26. The molecule has 2 atom stereocenters. The number of ether oxygens (including phenoxy) is 1. The summed E-state index contributed by atoms with van der Waals surface area (Å²) in [6.45, 7) is 2.24. The zero-order valence-electron chi connectivity index (χ0n) is 17.2. The Morgan fingerprint density at radius 3 is 2.97 bits per heavy atom. The van der Waals surface area contributed by atoms with Gasteiger partial charge in [0.15, 0.2) is 0 Å². The zero-order chi connectivity index (χ0) is 20.4. The van der Waals surface area contributed by atoms with Crippen LogP contribution in [0.15, 0.2) is 17.1 Å². The number of piperidine rings is 1. The molecule has 1 amide bonds. The molecule has 4 rings (SSSR count). The molecule has 2 unspecified atom stereocenters. The van der Waals surface area contributed by atoms with E-state index in [-0.39, 0.29) is 23.5 Å². The first-order valence-electron chi connectivity index (χ1n) is 10.5. The monoisotopic (exact) mass is 399 g/mol. The van der Waals surface area contributed by atoms with Crippen molar-refractivity contribution in [3.63, 3.8) is 0 Å². The largest absolute Gasteiger partial charge is 0.378 e. The molecule has 2 aromatic rings. The predicted molar refractivity (Wildman–Crippen MR) is 111 cm³/mol. The van der Waals surface area contributed by atoms with Crippen molar-refractivity contribution in [2.45, 2.75) is 50.5 Å². The van der Waals surface area contributed by atoms with Crippen LogP contribution in [0.25, 0.3) is 10.9 Å². The summed E-state index contributed by atoms with van der Waals surface area (Å²) in [6.07, 6.45) is 7.18. The van der Waals surface area contributed by atoms with Crippen LogP contribution < -0.4 is 10.5 Å². The second-order valence-electron chi connectivity index (χ2n) is 8.27. The summed E-state index contributed by atoms with van der Waals surface area (Å²) in [6, 6.07) is 1.94. The Bertz CT molecular complexity index is 936. The maximum Gasteiger partial charge on any atom is 0.259 e. The summed E-state index contributed by atoms with van der Waals surface area (Å²) in [5.74, 6) is 0.875. The number of amides is 1. The van der Waals surface area contributed by atoms with Crippen LogP contribution in [0.2, 0.25) is 0 Å². The van der Waals surface area contributed by atoms with Crippen LogP contribution in [0.4, 0.5) is 5.95 Å². The number of rotatable bonds is 5. The molecule has 0 saturated carbocycles. The van der Waals surface area contributed by atoms with Gasteiger partial charge in [0.1, 0.15) is 0 Å². The minimum absolute atomic E-state index is 0.116. The molecule has 2 saturated heterocycles. The van der Waals surface area contributed by atoms with E-state index in [4.69, 9.17) is 4.74 Å². The van der Waals surface area contributed by atoms with Gasteiger partial charge in [-0.2, -0.15) is 0 Å². The number of aromatic amines is 1. The molecule has 8 heteroatoms. The Kier molecular flexibility index (Phi) is 5.80. The summed E-state index contributed by atoms with van der Waals surface area (Å²) in [5.41, 5.74) is 1.32. The van der Waals surface area contributed by atoms with Crippen molar-refractivity contribution in [1.82, 2.24) is 19.9 Å². The molecule has 2 aliphatic heterocycles. The first kappa shape index (κ1) is 19.8. The quantitative estimate of drug-likeness (QED) is 0.827. The van der Waals surface area contributed by atoms with Gasteiger partial charge < -0.3 is 19.5 Å². The van der Waals surface area contributed by atoms with Crippen molar-refractivity contribution in [3.8, 4) is 0 Å². The lowest BCUT2D eigenvalue weighted by Crippen LogP contribution is -2.39. The number of nitrogens with one attached hydrogen (secondary N) is 1. The molecule has 0 radical (unpaired) electrons. The minimum Gasteiger partial charge on any atom is -0.378 e. The number of likely N-dealkylation sites (tertiary alicyclic amines) is 1. The van der Waals surface area contributed by atoms with Crippen molar-refractivity contribution in [2.75, 3.05) is 38.7 Å². The number of H-pyrrole nitrogens is 1. The summed E-state index contributed by atoms with van der Waals surface area (Å²) >= 11 is 0. The molecule has 29 heavy (non-hydrogen) atoms. The van der Waals surface area contributed by atoms with Crippen LogP contribution in [0, 0.1) is 0 Å². The van der Waals surface area contributed by atoms with Crippen LogP contribution in [-0.2, 0) is 9.53 Å². The first-order chi connectivity index (χ1) is 14.0. The van der Waals surface area contributed by atoms with Crippen molar-refractivity contribution >= 4 is 22.8 Å². The van der Waals surface area contributed by atoms with Crippen molar-refractivity contribution < 1.29 is 9.53 Å². The second kappa shape index (κ2) is 8.49. The van der Waals surface area contributed by atoms with E-state index in [9.17, 15) is 9.59 Å². The maximum atomic E-state index is 12.7. The number of pyridine rings is 1. The lowest BCUT2D eigenvalue weighted by molar-refractivity contribution is -0.133. The van der Waals surface area contributed by atoms with Crippen LogP contribution in [0.1, 0.15) is 50.1 Å². The van der Waals surface area contributed by atoms with Gasteiger partial charge in [-0.3, -0.25) is 9.59 Å². The number of hydrogen-bond acceptors (Lipinski definition) is 6. The second-order valence-corrected chi connectivity index (χ2v) is 8.27. The van der Waals surface area contributed by atoms with Gasteiger partial charge in [-0.1, -0.05) is 0 Å². The molecule has 156 valence electrons. The average molecular weight is 399 g/mol. The number of carbonyl (C=O) groups excluding carboxylic acids is 1. The van der Waals surface area contributed by atoms with E-state index in [2.05, 4.69) is 15.0 Å². The van der Waals surface area contributed by atoms with E-state index in [1.165, 1.54) is 0 Å². The lowest BCUT2D eigenvalue weighted by Gasteiger charge is -2.33. The Morgan fingerprint density at radius 1 is 1.34 bits per heavy atom. The topological polar surface area (TPSA) is 91.4 Å². The molecular weight excluding hydrogens is 370 g/mol. The SMILES string of the molecule is CN(C)c1ncc2c(=O)[nH]c(C3CCCN(C(=O)CCC4CCCO4)C3)cc2n1. The Hall–Kier alpha value is -2.48. The molecule has 0 aromatic carbocycles.